The van der Waals surface area contributed by atoms with E-state index in [1.54, 1.807) is 18.3 Å². The summed E-state index contributed by atoms with van der Waals surface area (Å²) in [6.07, 6.45) is 3.71. The number of likely N-dealkylation sites (N-methyl/N-ethyl adjacent to an activating group) is 1. The number of piperazine rings is 1. The van der Waals surface area contributed by atoms with Crippen LogP contribution in [0.5, 0.6) is 5.75 Å². The van der Waals surface area contributed by atoms with Gasteiger partial charge in [-0.2, -0.15) is 0 Å². The molecule has 0 spiro atoms. The van der Waals surface area contributed by atoms with Crippen LogP contribution in [0.2, 0.25) is 0 Å². The maximum absolute atomic E-state index is 9.61. The van der Waals surface area contributed by atoms with E-state index in [1.807, 2.05) is 29.7 Å². The number of aromatic nitrogens is 3. The standard InChI is InChI=1S/C25H28N6O/c1-18-23(20-5-9-22(32)10-6-20)31-12-11-26-24(25(31)28-18)27-17-19-3-7-21(8-4-19)30-15-13-29(2)14-16-30/h3-12,32H,13-17H2,1-2H3,(H,26,27). The second-order valence-electron chi connectivity index (χ2n) is 8.37. The molecule has 0 amide bonds. The van der Waals surface area contributed by atoms with Crippen molar-refractivity contribution in [1.82, 2.24) is 19.3 Å². The highest BCUT2D eigenvalue weighted by Gasteiger charge is 2.15. The molecule has 7 nitrogen and oxygen atoms in total. The number of imidazole rings is 1. The molecule has 0 aliphatic carbocycles. The lowest BCUT2D eigenvalue weighted by atomic mass is 10.1. The quantitative estimate of drug-likeness (QED) is 0.504. The molecule has 1 aliphatic heterocycles. The van der Waals surface area contributed by atoms with Crippen LogP contribution in [0.25, 0.3) is 16.9 Å². The Morgan fingerprint density at radius 2 is 1.69 bits per heavy atom. The number of nitrogens with one attached hydrogen (secondary N) is 1. The summed E-state index contributed by atoms with van der Waals surface area (Å²) < 4.78 is 2.05. The Morgan fingerprint density at radius 3 is 2.41 bits per heavy atom. The van der Waals surface area contributed by atoms with Gasteiger partial charge in [-0.05, 0) is 55.9 Å². The Balaban J connectivity index is 1.34. The summed E-state index contributed by atoms with van der Waals surface area (Å²) in [7, 11) is 2.18. The first-order chi connectivity index (χ1) is 15.6. The Labute approximate surface area is 188 Å². The number of anilines is 2. The molecular formula is C25H28N6O. The van der Waals surface area contributed by atoms with Crippen LogP contribution in [0, 0.1) is 6.92 Å². The normalized spacial score (nSPS) is 14.8. The van der Waals surface area contributed by atoms with Gasteiger partial charge in [0, 0.05) is 56.4 Å². The SMILES string of the molecule is Cc1nc2c(NCc3ccc(N4CCN(C)CC4)cc3)nccn2c1-c1ccc(O)cc1. The molecule has 1 saturated heterocycles. The molecule has 32 heavy (non-hydrogen) atoms. The second kappa shape index (κ2) is 8.51. The summed E-state index contributed by atoms with van der Waals surface area (Å²) in [6, 6.07) is 16.0. The lowest BCUT2D eigenvalue weighted by Gasteiger charge is -2.34. The molecule has 0 saturated carbocycles. The fourth-order valence-corrected chi connectivity index (χ4v) is 4.26. The highest BCUT2D eigenvalue weighted by Crippen LogP contribution is 2.28. The van der Waals surface area contributed by atoms with Crippen LogP contribution in [0.3, 0.4) is 0 Å². The van der Waals surface area contributed by atoms with Crippen molar-refractivity contribution in [1.29, 1.82) is 0 Å². The molecule has 0 radical (unpaired) electrons. The topological polar surface area (TPSA) is 68.9 Å². The van der Waals surface area contributed by atoms with Gasteiger partial charge in [-0.1, -0.05) is 12.1 Å². The van der Waals surface area contributed by atoms with Gasteiger partial charge in [-0.15, -0.1) is 0 Å². The minimum atomic E-state index is 0.253. The van der Waals surface area contributed by atoms with Crippen LogP contribution >= 0.6 is 0 Å². The van der Waals surface area contributed by atoms with Crippen molar-refractivity contribution in [3.8, 4) is 17.0 Å². The zero-order valence-corrected chi connectivity index (χ0v) is 18.5. The molecular weight excluding hydrogens is 400 g/mol. The third-order valence-electron chi connectivity index (χ3n) is 6.12. The number of nitrogens with zero attached hydrogens (tertiary/aromatic N) is 5. The first kappa shape index (κ1) is 20.3. The zero-order valence-electron chi connectivity index (χ0n) is 18.5. The highest BCUT2D eigenvalue weighted by molar-refractivity contribution is 5.73. The van der Waals surface area contributed by atoms with Gasteiger partial charge < -0.3 is 20.2 Å². The van der Waals surface area contributed by atoms with Gasteiger partial charge in [0.1, 0.15) is 5.75 Å². The molecule has 3 heterocycles. The Kier molecular flexibility index (Phi) is 5.41. The average molecular weight is 429 g/mol. The molecule has 2 N–H and O–H groups in total. The Bertz CT molecular complexity index is 1210. The molecule has 0 atom stereocenters. The molecule has 2 aromatic heterocycles. The smallest absolute Gasteiger partial charge is 0.180 e. The summed E-state index contributed by atoms with van der Waals surface area (Å²) in [4.78, 5) is 14.1. The van der Waals surface area contributed by atoms with E-state index < -0.39 is 0 Å². The summed E-state index contributed by atoms with van der Waals surface area (Å²) in [6.45, 7) is 7.03. The van der Waals surface area contributed by atoms with E-state index in [0.717, 1.165) is 54.6 Å². The molecule has 2 aromatic carbocycles. The molecule has 1 aliphatic rings. The van der Waals surface area contributed by atoms with Gasteiger partial charge in [0.2, 0.25) is 0 Å². The summed E-state index contributed by atoms with van der Waals surface area (Å²) in [5.41, 5.74) is 6.20. The van der Waals surface area contributed by atoms with E-state index >= 15 is 0 Å². The van der Waals surface area contributed by atoms with Crippen LogP contribution in [0.4, 0.5) is 11.5 Å². The van der Waals surface area contributed by atoms with Crippen LogP contribution in [-0.4, -0.2) is 57.6 Å². The van der Waals surface area contributed by atoms with Crippen molar-refractivity contribution in [2.45, 2.75) is 13.5 Å². The van der Waals surface area contributed by atoms with E-state index in [4.69, 9.17) is 4.98 Å². The van der Waals surface area contributed by atoms with Crippen molar-refractivity contribution in [2.24, 2.45) is 0 Å². The lowest BCUT2D eigenvalue weighted by Crippen LogP contribution is -2.44. The fourth-order valence-electron chi connectivity index (χ4n) is 4.26. The van der Waals surface area contributed by atoms with E-state index in [-0.39, 0.29) is 5.75 Å². The minimum absolute atomic E-state index is 0.253. The van der Waals surface area contributed by atoms with E-state index in [2.05, 4.69) is 51.4 Å². The van der Waals surface area contributed by atoms with Gasteiger partial charge in [-0.25, -0.2) is 9.97 Å². The number of benzene rings is 2. The number of rotatable bonds is 5. The Hall–Kier alpha value is -3.58. The van der Waals surface area contributed by atoms with Crippen molar-refractivity contribution >= 4 is 17.2 Å². The predicted molar refractivity (Wildman–Crippen MR) is 128 cm³/mol. The molecule has 0 unspecified atom stereocenters. The maximum Gasteiger partial charge on any atom is 0.180 e. The van der Waals surface area contributed by atoms with Gasteiger partial charge >= 0.3 is 0 Å². The third-order valence-corrected chi connectivity index (χ3v) is 6.12. The number of aryl methyl sites for hydroxylation is 1. The molecule has 5 rings (SSSR count). The van der Waals surface area contributed by atoms with Crippen molar-refractivity contribution in [2.75, 3.05) is 43.4 Å². The third kappa shape index (κ3) is 3.99. The van der Waals surface area contributed by atoms with Gasteiger partial charge in [0.25, 0.3) is 0 Å². The van der Waals surface area contributed by atoms with Crippen LogP contribution in [0.15, 0.2) is 60.9 Å². The van der Waals surface area contributed by atoms with Crippen molar-refractivity contribution in [3.63, 3.8) is 0 Å². The largest absolute Gasteiger partial charge is 0.508 e. The van der Waals surface area contributed by atoms with Gasteiger partial charge in [-0.3, -0.25) is 4.40 Å². The summed E-state index contributed by atoms with van der Waals surface area (Å²) in [5.74, 6) is 1.01. The number of phenols is 1. The van der Waals surface area contributed by atoms with Crippen molar-refractivity contribution < 1.29 is 5.11 Å². The van der Waals surface area contributed by atoms with Crippen LogP contribution < -0.4 is 10.2 Å². The van der Waals surface area contributed by atoms with Crippen LogP contribution in [-0.2, 0) is 6.54 Å². The number of phenolic OH excluding ortho intramolecular Hbond substituents is 1. The lowest BCUT2D eigenvalue weighted by molar-refractivity contribution is 0.313. The predicted octanol–water partition coefficient (Wildman–Crippen LogP) is 3.77. The van der Waals surface area contributed by atoms with Crippen LogP contribution in [0.1, 0.15) is 11.3 Å². The molecule has 164 valence electrons. The summed E-state index contributed by atoms with van der Waals surface area (Å²) in [5, 5.41) is 13.1. The minimum Gasteiger partial charge on any atom is -0.508 e. The zero-order chi connectivity index (χ0) is 22.1. The fraction of sp³-hybridized carbons (Fsp3) is 0.280. The Morgan fingerprint density at radius 1 is 0.969 bits per heavy atom. The average Bonchev–Trinajstić information content (AvgIpc) is 3.15. The number of hydrogen-bond acceptors (Lipinski definition) is 6. The number of aromatic hydroxyl groups is 1. The van der Waals surface area contributed by atoms with Gasteiger partial charge in [0.05, 0.1) is 11.4 Å². The maximum atomic E-state index is 9.61. The summed E-state index contributed by atoms with van der Waals surface area (Å²) >= 11 is 0. The number of fused-ring (bicyclic) bond motifs is 1. The number of hydrogen-bond donors (Lipinski definition) is 2. The highest BCUT2D eigenvalue weighted by atomic mass is 16.3. The van der Waals surface area contributed by atoms with E-state index in [0.29, 0.717) is 6.54 Å². The first-order valence-corrected chi connectivity index (χ1v) is 11.0. The van der Waals surface area contributed by atoms with E-state index in [1.165, 1.54) is 11.3 Å². The molecule has 1 fully saturated rings. The second-order valence-corrected chi connectivity index (χ2v) is 8.37. The molecule has 0 bridgehead atoms. The molecule has 7 heteroatoms. The van der Waals surface area contributed by atoms with Gasteiger partial charge in [0.15, 0.2) is 11.5 Å². The van der Waals surface area contributed by atoms with Crippen molar-refractivity contribution in [3.05, 3.63) is 72.2 Å². The monoisotopic (exact) mass is 428 g/mol. The van der Waals surface area contributed by atoms with E-state index in [9.17, 15) is 5.11 Å². The molecule has 4 aromatic rings. The first-order valence-electron chi connectivity index (χ1n) is 11.0.